The zero-order valence-electron chi connectivity index (χ0n) is 10.2. The molecule has 1 heterocycles. The van der Waals surface area contributed by atoms with Crippen LogP contribution in [-0.4, -0.2) is 50.3 Å². The zero-order valence-corrected chi connectivity index (χ0v) is 10.2. The van der Waals surface area contributed by atoms with E-state index in [1.807, 2.05) is 7.05 Å². The first-order chi connectivity index (χ1) is 8.66. The summed E-state index contributed by atoms with van der Waals surface area (Å²) < 4.78 is 11.2. The molecule has 0 amide bonds. The average molecular weight is 250 g/mol. The minimum Gasteiger partial charge on any atom is -0.406 e. The predicted octanol–water partition coefficient (Wildman–Crippen LogP) is 0.269. The summed E-state index contributed by atoms with van der Waals surface area (Å²) in [6.45, 7) is 2.87. The van der Waals surface area contributed by atoms with Gasteiger partial charge < -0.3 is 14.2 Å². The Balaban J connectivity index is 2.03. The van der Waals surface area contributed by atoms with E-state index in [4.69, 9.17) is 9.31 Å². The van der Waals surface area contributed by atoms with Crippen molar-refractivity contribution in [3.8, 4) is 0 Å². The summed E-state index contributed by atoms with van der Waals surface area (Å²) in [5, 5.41) is 10.6. The van der Waals surface area contributed by atoms with Crippen molar-refractivity contribution in [2.45, 2.75) is 0 Å². The highest BCUT2D eigenvalue weighted by Crippen LogP contribution is 2.08. The van der Waals surface area contributed by atoms with E-state index in [9.17, 15) is 10.1 Å². The Morgan fingerprint density at radius 3 is 2.28 bits per heavy atom. The fourth-order valence-electron chi connectivity index (χ4n) is 1.74. The number of nitrogens with zero attached hydrogens (tertiary/aromatic N) is 2. The lowest BCUT2D eigenvalue weighted by Gasteiger charge is -2.23. The first-order valence-corrected chi connectivity index (χ1v) is 5.83. The van der Waals surface area contributed by atoms with Gasteiger partial charge in [-0.1, -0.05) is 12.1 Å². The molecule has 1 saturated heterocycles. The largest absolute Gasteiger partial charge is 0.493 e. The van der Waals surface area contributed by atoms with E-state index in [-0.39, 0.29) is 5.69 Å². The van der Waals surface area contributed by atoms with Crippen LogP contribution in [0.5, 0.6) is 0 Å². The fourth-order valence-corrected chi connectivity index (χ4v) is 1.74. The molecule has 0 saturated carbocycles. The van der Waals surface area contributed by atoms with Crippen LogP contribution in [0.2, 0.25) is 0 Å². The molecule has 0 spiro atoms. The number of hydrogen-bond donors (Lipinski definition) is 0. The van der Waals surface area contributed by atoms with Gasteiger partial charge in [0.15, 0.2) is 0 Å². The molecule has 0 atom stereocenters. The lowest BCUT2D eigenvalue weighted by Crippen LogP contribution is -2.43. The van der Waals surface area contributed by atoms with Crippen molar-refractivity contribution in [3.05, 3.63) is 34.4 Å². The second-order valence-electron chi connectivity index (χ2n) is 4.23. The highest BCUT2D eigenvalue weighted by molar-refractivity contribution is 6.61. The molecule has 0 unspecified atom stereocenters. The molecule has 0 aliphatic carbocycles. The van der Waals surface area contributed by atoms with Crippen molar-refractivity contribution in [1.29, 1.82) is 0 Å². The molecule has 7 heteroatoms. The average Bonchev–Trinajstić information content (AvgIpc) is 2.34. The number of hydrogen-bond acceptors (Lipinski definition) is 5. The first kappa shape index (κ1) is 13.0. The third-order valence-corrected chi connectivity index (χ3v) is 2.86. The second-order valence-corrected chi connectivity index (χ2v) is 4.23. The molecule has 18 heavy (non-hydrogen) atoms. The lowest BCUT2D eigenvalue weighted by atomic mass is 9.78. The van der Waals surface area contributed by atoms with Gasteiger partial charge in [0, 0.05) is 38.4 Å². The topological polar surface area (TPSA) is 64.8 Å². The van der Waals surface area contributed by atoms with Gasteiger partial charge in [0.1, 0.15) is 0 Å². The van der Waals surface area contributed by atoms with Crippen LogP contribution in [0.25, 0.3) is 0 Å². The van der Waals surface area contributed by atoms with E-state index < -0.39 is 12.0 Å². The van der Waals surface area contributed by atoms with Crippen LogP contribution in [0, 0.1) is 10.1 Å². The highest BCUT2D eigenvalue weighted by Gasteiger charge is 2.23. The van der Waals surface area contributed by atoms with Crippen LogP contribution in [0.1, 0.15) is 0 Å². The van der Waals surface area contributed by atoms with E-state index in [1.54, 1.807) is 12.1 Å². The highest BCUT2D eigenvalue weighted by atomic mass is 16.6. The van der Waals surface area contributed by atoms with Crippen LogP contribution < -0.4 is 5.46 Å². The number of non-ortho nitro benzene ring substituents is 1. The molecule has 1 aliphatic rings. The molecule has 1 aromatic carbocycles. The molecule has 2 rings (SSSR count). The van der Waals surface area contributed by atoms with E-state index in [2.05, 4.69) is 4.90 Å². The van der Waals surface area contributed by atoms with E-state index in [0.717, 1.165) is 18.6 Å². The van der Waals surface area contributed by atoms with Gasteiger partial charge in [-0.15, -0.1) is 0 Å². The molecule has 1 fully saturated rings. The lowest BCUT2D eigenvalue weighted by molar-refractivity contribution is -0.384. The SMILES string of the molecule is CN1CCOB(c2ccc([N+](=O)[O-])cc2)OCC1. The van der Waals surface area contributed by atoms with Gasteiger partial charge in [0.2, 0.25) is 0 Å². The van der Waals surface area contributed by atoms with Gasteiger partial charge in [-0.3, -0.25) is 10.1 Å². The van der Waals surface area contributed by atoms with Crippen molar-refractivity contribution in [2.75, 3.05) is 33.4 Å². The van der Waals surface area contributed by atoms with Gasteiger partial charge in [0.25, 0.3) is 5.69 Å². The molecule has 0 aromatic heterocycles. The maximum atomic E-state index is 10.6. The number of nitro groups is 1. The summed E-state index contributed by atoms with van der Waals surface area (Å²) in [6, 6.07) is 6.28. The number of benzene rings is 1. The van der Waals surface area contributed by atoms with E-state index in [1.165, 1.54) is 12.1 Å². The Morgan fingerprint density at radius 2 is 1.78 bits per heavy atom. The Hall–Kier alpha value is -1.44. The molecular weight excluding hydrogens is 235 g/mol. The van der Waals surface area contributed by atoms with Gasteiger partial charge in [-0.2, -0.15) is 0 Å². The van der Waals surface area contributed by atoms with Crippen molar-refractivity contribution >= 4 is 18.3 Å². The quantitative estimate of drug-likeness (QED) is 0.428. The third-order valence-electron chi connectivity index (χ3n) is 2.86. The minimum absolute atomic E-state index is 0.0735. The van der Waals surface area contributed by atoms with Crippen molar-refractivity contribution in [3.63, 3.8) is 0 Å². The van der Waals surface area contributed by atoms with Crippen molar-refractivity contribution in [1.82, 2.24) is 4.90 Å². The van der Waals surface area contributed by atoms with Crippen LogP contribution in [0.4, 0.5) is 5.69 Å². The summed E-state index contributed by atoms with van der Waals surface area (Å²) in [7, 11) is 1.58. The smallest absolute Gasteiger partial charge is 0.406 e. The summed E-state index contributed by atoms with van der Waals surface area (Å²) in [5.41, 5.74) is 0.884. The Bertz CT molecular complexity index is 402. The predicted molar refractivity (Wildman–Crippen MR) is 67.9 cm³/mol. The molecule has 0 bridgehead atoms. The fraction of sp³-hybridized carbons (Fsp3) is 0.455. The van der Waals surface area contributed by atoms with E-state index in [0.29, 0.717) is 13.2 Å². The molecule has 6 nitrogen and oxygen atoms in total. The first-order valence-electron chi connectivity index (χ1n) is 5.83. The number of likely N-dealkylation sites (N-methyl/N-ethyl adjacent to an activating group) is 1. The van der Waals surface area contributed by atoms with Crippen molar-refractivity contribution < 1.29 is 14.2 Å². The van der Waals surface area contributed by atoms with Gasteiger partial charge in [0.05, 0.1) is 4.92 Å². The summed E-state index contributed by atoms with van der Waals surface area (Å²) in [4.78, 5) is 12.3. The number of rotatable bonds is 2. The van der Waals surface area contributed by atoms with Crippen LogP contribution in [0.15, 0.2) is 24.3 Å². The minimum atomic E-state index is -0.431. The molecular formula is C11H15BN2O4. The van der Waals surface area contributed by atoms with Gasteiger partial charge >= 0.3 is 7.12 Å². The Kier molecular flexibility index (Phi) is 4.30. The monoisotopic (exact) mass is 250 g/mol. The molecule has 1 aromatic rings. The van der Waals surface area contributed by atoms with Crippen LogP contribution in [-0.2, 0) is 9.31 Å². The van der Waals surface area contributed by atoms with Gasteiger partial charge in [-0.25, -0.2) is 0 Å². The Labute approximate surface area is 106 Å². The van der Waals surface area contributed by atoms with Gasteiger partial charge in [-0.05, 0) is 12.5 Å². The zero-order chi connectivity index (χ0) is 13.0. The van der Waals surface area contributed by atoms with Crippen LogP contribution >= 0.6 is 0 Å². The number of nitro benzene ring substituents is 1. The van der Waals surface area contributed by atoms with E-state index >= 15 is 0 Å². The maximum absolute atomic E-state index is 10.6. The summed E-state index contributed by atoms with van der Waals surface area (Å²) in [6.07, 6.45) is 0. The van der Waals surface area contributed by atoms with Crippen LogP contribution in [0.3, 0.4) is 0 Å². The second kappa shape index (κ2) is 5.95. The maximum Gasteiger partial charge on any atom is 0.493 e. The summed E-state index contributed by atoms with van der Waals surface area (Å²) in [5.74, 6) is 0. The molecule has 1 aliphatic heterocycles. The van der Waals surface area contributed by atoms with Crippen molar-refractivity contribution in [2.24, 2.45) is 0 Å². The normalized spacial score (nSPS) is 18.2. The third kappa shape index (κ3) is 3.28. The summed E-state index contributed by atoms with van der Waals surface area (Å²) >= 11 is 0. The molecule has 0 radical (unpaired) electrons. The molecule has 0 N–H and O–H groups in total. The standard InChI is InChI=1S/C11H15BN2O4/c1-13-6-8-17-12(18-9-7-13)10-2-4-11(5-3-10)14(15)16/h2-5H,6-9H2,1H3. The Morgan fingerprint density at radius 1 is 1.22 bits per heavy atom. The molecule has 96 valence electrons.